The first-order valence-corrected chi connectivity index (χ1v) is 12.8. The molecule has 0 radical (unpaired) electrons. The predicted octanol–water partition coefficient (Wildman–Crippen LogP) is 5.31. The van der Waals surface area contributed by atoms with Crippen molar-refractivity contribution in [2.45, 2.75) is 32.5 Å². The van der Waals surface area contributed by atoms with Crippen LogP contribution in [-0.4, -0.2) is 46.3 Å². The van der Waals surface area contributed by atoms with Gasteiger partial charge in [-0.15, -0.1) is 11.3 Å². The molecule has 0 aliphatic rings. The van der Waals surface area contributed by atoms with Gasteiger partial charge in [-0.05, 0) is 41.1 Å². The van der Waals surface area contributed by atoms with Crippen molar-refractivity contribution >= 4 is 21.6 Å². The molecule has 0 N–H and O–H groups in total. The Labute approximate surface area is 213 Å². The van der Waals surface area contributed by atoms with Crippen molar-refractivity contribution in [3.63, 3.8) is 0 Å². The highest BCUT2D eigenvalue weighted by Gasteiger charge is 2.27. The molecule has 0 aliphatic heterocycles. The Morgan fingerprint density at radius 3 is 2.50 bits per heavy atom. The lowest BCUT2D eigenvalue weighted by atomic mass is 10.1. The molecule has 0 fully saturated rings. The number of hydrogen-bond acceptors (Lipinski definition) is 5. The van der Waals surface area contributed by atoms with E-state index in [4.69, 9.17) is 4.98 Å². The fourth-order valence-corrected chi connectivity index (χ4v) is 5.09. The maximum absolute atomic E-state index is 14.0. The minimum absolute atomic E-state index is 0.119. The molecule has 0 bridgehead atoms. The molecule has 0 aliphatic carbocycles. The van der Waals surface area contributed by atoms with E-state index in [2.05, 4.69) is 0 Å². The Morgan fingerprint density at radius 2 is 1.83 bits per heavy atom. The van der Waals surface area contributed by atoms with Crippen LogP contribution in [0.1, 0.15) is 36.3 Å². The van der Waals surface area contributed by atoms with E-state index in [9.17, 15) is 18.8 Å². The fraction of sp³-hybridized carbons (Fsp3) is 0.333. The smallest absolute Gasteiger partial charge is 0.262 e. The van der Waals surface area contributed by atoms with Crippen LogP contribution in [0.15, 0.2) is 64.8 Å². The summed E-state index contributed by atoms with van der Waals surface area (Å²) >= 11 is 1.41. The molecule has 2 aromatic carbocycles. The van der Waals surface area contributed by atoms with Crippen molar-refractivity contribution in [3.8, 4) is 0 Å². The van der Waals surface area contributed by atoms with E-state index in [1.807, 2.05) is 47.5 Å². The lowest BCUT2D eigenvalue weighted by Crippen LogP contribution is -2.43. The van der Waals surface area contributed by atoms with Crippen LogP contribution in [0.2, 0.25) is 0 Å². The third-order valence-corrected chi connectivity index (χ3v) is 7.02. The summed E-state index contributed by atoms with van der Waals surface area (Å²) in [5.74, 6) is -1.23. The van der Waals surface area contributed by atoms with Crippen LogP contribution in [0, 0.1) is 16.8 Å². The first-order valence-electron chi connectivity index (χ1n) is 11.9. The van der Waals surface area contributed by atoms with Gasteiger partial charge in [0.05, 0.1) is 38.6 Å². The molecule has 9 heteroatoms. The minimum atomic E-state index is -0.917. The number of thiophene rings is 1. The zero-order chi connectivity index (χ0) is 25.9. The zero-order valence-corrected chi connectivity index (χ0v) is 21.5. The topological polar surface area (TPSA) is 61.2 Å². The SMILES string of the molecule is CCC(c1nc2sccc2c(=O)n1Cc1ccccc1)N(CC[N+](C)(C)[O-])Cc1ccc(F)c(F)c1. The number of likely N-dealkylation sites (N-methyl/N-ethyl adjacent to an activating group) is 1. The number of quaternary nitrogens is 1. The molecule has 36 heavy (non-hydrogen) atoms. The Balaban J connectivity index is 1.80. The molecule has 0 saturated heterocycles. The molecule has 0 amide bonds. The van der Waals surface area contributed by atoms with Gasteiger partial charge >= 0.3 is 0 Å². The molecule has 4 rings (SSSR count). The van der Waals surface area contributed by atoms with Gasteiger partial charge in [0.25, 0.3) is 5.56 Å². The average molecular weight is 513 g/mol. The number of rotatable bonds is 10. The standard InChI is InChI=1S/C27H30F2N4O2S/c1-4-24(31(13-14-33(2,3)35)17-20-10-11-22(28)23(29)16-20)25-30-26-21(12-15-36-26)27(34)32(25)18-19-8-6-5-7-9-19/h5-12,15-16,24H,4,13-14,17-18H2,1-3H3. The predicted molar refractivity (Wildman–Crippen MR) is 140 cm³/mol. The maximum Gasteiger partial charge on any atom is 0.262 e. The van der Waals surface area contributed by atoms with E-state index < -0.39 is 16.3 Å². The number of halogens is 2. The largest absolute Gasteiger partial charge is 0.633 e. The molecular weight excluding hydrogens is 482 g/mol. The number of nitrogens with zero attached hydrogens (tertiary/aromatic N) is 4. The third kappa shape index (κ3) is 6.04. The van der Waals surface area contributed by atoms with Crippen LogP contribution in [0.25, 0.3) is 10.2 Å². The molecule has 0 spiro atoms. The summed E-state index contributed by atoms with van der Waals surface area (Å²) in [6.45, 7) is 3.30. The van der Waals surface area contributed by atoms with Crippen LogP contribution in [-0.2, 0) is 13.1 Å². The molecule has 6 nitrogen and oxygen atoms in total. The molecule has 2 heterocycles. The van der Waals surface area contributed by atoms with Gasteiger partial charge in [0.15, 0.2) is 11.6 Å². The lowest BCUT2D eigenvalue weighted by molar-refractivity contribution is -0.839. The van der Waals surface area contributed by atoms with Crippen molar-refractivity contribution in [2.75, 3.05) is 27.2 Å². The lowest BCUT2D eigenvalue weighted by Gasteiger charge is -2.38. The highest BCUT2D eigenvalue weighted by atomic mass is 32.1. The van der Waals surface area contributed by atoms with Gasteiger partial charge in [0.2, 0.25) is 0 Å². The second-order valence-electron chi connectivity index (χ2n) is 9.43. The summed E-state index contributed by atoms with van der Waals surface area (Å²) in [5.41, 5.74) is 1.43. The summed E-state index contributed by atoms with van der Waals surface area (Å²) in [4.78, 5) is 21.2. The van der Waals surface area contributed by atoms with Crippen molar-refractivity contribution in [2.24, 2.45) is 0 Å². The summed E-state index contributed by atoms with van der Waals surface area (Å²) in [6, 6.07) is 15.0. The molecule has 4 aromatic rings. The Bertz CT molecular complexity index is 1380. The van der Waals surface area contributed by atoms with E-state index >= 15 is 0 Å². The first-order chi connectivity index (χ1) is 17.2. The van der Waals surface area contributed by atoms with Gasteiger partial charge in [0.1, 0.15) is 10.7 Å². The number of benzene rings is 2. The fourth-order valence-electron chi connectivity index (χ4n) is 4.33. The van der Waals surface area contributed by atoms with E-state index in [1.165, 1.54) is 17.4 Å². The quantitative estimate of drug-likeness (QED) is 0.213. The van der Waals surface area contributed by atoms with E-state index in [1.54, 1.807) is 30.8 Å². The molecule has 0 saturated carbocycles. The average Bonchev–Trinajstić information content (AvgIpc) is 3.31. The summed E-state index contributed by atoms with van der Waals surface area (Å²) < 4.78 is 28.8. The molecule has 1 atom stereocenters. The van der Waals surface area contributed by atoms with Crippen molar-refractivity contribution in [1.29, 1.82) is 0 Å². The van der Waals surface area contributed by atoms with Gasteiger partial charge in [0, 0.05) is 13.1 Å². The van der Waals surface area contributed by atoms with Crippen LogP contribution >= 0.6 is 11.3 Å². The number of hydroxylamine groups is 3. The van der Waals surface area contributed by atoms with Gasteiger partial charge < -0.3 is 9.85 Å². The van der Waals surface area contributed by atoms with Crippen LogP contribution < -0.4 is 5.56 Å². The zero-order valence-electron chi connectivity index (χ0n) is 20.7. The third-order valence-electron chi connectivity index (χ3n) is 6.22. The highest BCUT2D eigenvalue weighted by molar-refractivity contribution is 7.16. The van der Waals surface area contributed by atoms with E-state index in [0.29, 0.717) is 41.1 Å². The second kappa shape index (κ2) is 11.0. The van der Waals surface area contributed by atoms with E-state index in [-0.39, 0.29) is 24.7 Å². The number of aromatic nitrogens is 2. The molecule has 2 aromatic heterocycles. The molecular formula is C27H30F2N4O2S. The Morgan fingerprint density at radius 1 is 1.08 bits per heavy atom. The van der Waals surface area contributed by atoms with Crippen LogP contribution in [0.3, 0.4) is 0 Å². The van der Waals surface area contributed by atoms with Crippen molar-refractivity contribution in [3.05, 3.63) is 104 Å². The summed E-state index contributed by atoms with van der Waals surface area (Å²) in [5, 5.41) is 14.9. The number of hydrogen-bond donors (Lipinski definition) is 0. The van der Waals surface area contributed by atoms with Crippen molar-refractivity contribution in [1.82, 2.24) is 14.5 Å². The number of fused-ring (bicyclic) bond motifs is 1. The molecule has 190 valence electrons. The van der Waals surface area contributed by atoms with E-state index in [0.717, 1.165) is 11.6 Å². The second-order valence-corrected chi connectivity index (χ2v) is 10.3. The van der Waals surface area contributed by atoms with Crippen LogP contribution in [0.5, 0.6) is 0 Å². The maximum atomic E-state index is 14.0. The Hall–Kier alpha value is -2.98. The van der Waals surface area contributed by atoms with Gasteiger partial charge in [-0.1, -0.05) is 43.3 Å². The Kier molecular flexibility index (Phi) is 7.94. The highest BCUT2D eigenvalue weighted by Crippen LogP contribution is 2.28. The van der Waals surface area contributed by atoms with Gasteiger partial charge in [-0.2, -0.15) is 0 Å². The first kappa shape index (κ1) is 26.1. The minimum Gasteiger partial charge on any atom is -0.633 e. The normalized spacial score (nSPS) is 13.0. The van der Waals surface area contributed by atoms with Gasteiger partial charge in [-0.3, -0.25) is 14.3 Å². The monoisotopic (exact) mass is 512 g/mol. The summed E-state index contributed by atoms with van der Waals surface area (Å²) in [6.07, 6.45) is 0.605. The summed E-state index contributed by atoms with van der Waals surface area (Å²) in [7, 11) is 3.13. The molecule has 1 unspecified atom stereocenters. The van der Waals surface area contributed by atoms with Crippen LogP contribution in [0.4, 0.5) is 8.78 Å². The van der Waals surface area contributed by atoms with Crippen molar-refractivity contribution < 1.29 is 13.4 Å². The van der Waals surface area contributed by atoms with Gasteiger partial charge in [-0.25, -0.2) is 13.8 Å².